The van der Waals surface area contributed by atoms with Crippen LogP contribution < -0.4 is 0 Å². The summed E-state index contributed by atoms with van der Waals surface area (Å²) in [5.41, 5.74) is 1.47. The standard InChI is InChI=1S/C15H22N2O.CH2O2/c18-14-5-1-6-15(14)7-3-9-17(12-15)11-13-4-2-8-16-10-13;2-1-3/h2,4,8,10,14,18H,1,3,5-7,9,11-12H2;1H,(H,2,3)/t14-,15+;/m1./s1. The average Bonchev–Trinajstić information content (AvgIpc) is 2.82. The molecule has 0 amide bonds. The van der Waals surface area contributed by atoms with E-state index in [4.69, 9.17) is 9.90 Å². The Morgan fingerprint density at radius 1 is 1.43 bits per heavy atom. The van der Waals surface area contributed by atoms with E-state index >= 15 is 0 Å². The fraction of sp³-hybridized carbons (Fsp3) is 0.625. The summed E-state index contributed by atoms with van der Waals surface area (Å²) in [6.07, 6.45) is 9.53. The van der Waals surface area contributed by atoms with E-state index in [1.54, 1.807) is 0 Å². The molecule has 2 atom stereocenters. The Kier molecular flexibility index (Phi) is 5.70. The van der Waals surface area contributed by atoms with Crippen molar-refractivity contribution in [1.29, 1.82) is 0 Å². The number of carbonyl (C=O) groups is 1. The fourth-order valence-corrected chi connectivity index (χ4v) is 3.74. The van der Waals surface area contributed by atoms with Crippen molar-refractivity contribution in [2.75, 3.05) is 13.1 Å². The number of nitrogens with zero attached hydrogens (tertiary/aromatic N) is 2. The van der Waals surface area contributed by atoms with E-state index in [0.29, 0.717) is 0 Å². The summed E-state index contributed by atoms with van der Waals surface area (Å²) in [5, 5.41) is 17.1. The largest absolute Gasteiger partial charge is 0.483 e. The first kappa shape index (κ1) is 15.9. The van der Waals surface area contributed by atoms with E-state index in [-0.39, 0.29) is 18.0 Å². The van der Waals surface area contributed by atoms with Gasteiger partial charge in [-0.2, -0.15) is 0 Å². The number of aliphatic hydroxyl groups is 1. The number of hydrogen-bond acceptors (Lipinski definition) is 4. The van der Waals surface area contributed by atoms with Crippen molar-refractivity contribution in [3.05, 3.63) is 30.1 Å². The summed E-state index contributed by atoms with van der Waals surface area (Å²) in [6, 6.07) is 4.14. The molecule has 1 aliphatic heterocycles. The van der Waals surface area contributed by atoms with Gasteiger partial charge in [0.1, 0.15) is 0 Å². The number of aliphatic hydroxyl groups excluding tert-OH is 1. The van der Waals surface area contributed by atoms with E-state index in [1.165, 1.54) is 31.2 Å². The number of piperidine rings is 1. The second-order valence-electron chi connectivity index (χ2n) is 6.05. The van der Waals surface area contributed by atoms with Crippen LogP contribution in [0.4, 0.5) is 0 Å². The second kappa shape index (κ2) is 7.52. The molecular weight excluding hydrogens is 268 g/mol. The molecule has 2 fully saturated rings. The highest BCUT2D eigenvalue weighted by Crippen LogP contribution is 2.45. The van der Waals surface area contributed by atoms with Crippen molar-refractivity contribution < 1.29 is 15.0 Å². The van der Waals surface area contributed by atoms with E-state index in [0.717, 1.165) is 26.1 Å². The molecular formula is C16H24N2O3. The molecule has 1 saturated carbocycles. The second-order valence-corrected chi connectivity index (χ2v) is 6.05. The van der Waals surface area contributed by atoms with Crippen LogP contribution in [0.25, 0.3) is 0 Å². The molecule has 5 heteroatoms. The summed E-state index contributed by atoms with van der Waals surface area (Å²) in [7, 11) is 0. The minimum atomic E-state index is -0.250. The first-order valence-electron chi connectivity index (χ1n) is 7.57. The van der Waals surface area contributed by atoms with Gasteiger partial charge in [-0.3, -0.25) is 14.7 Å². The lowest BCUT2D eigenvalue weighted by Crippen LogP contribution is -2.46. The summed E-state index contributed by atoms with van der Waals surface area (Å²) < 4.78 is 0. The van der Waals surface area contributed by atoms with Crippen molar-refractivity contribution in [3.63, 3.8) is 0 Å². The van der Waals surface area contributed by atoms with Crippen LogP contribution in [0.3, 0.4) is 0 Å². The monoisotopic (exact) mass is 292 g/mol. The normalized spacial score (nSPS) is 28.9. The van der Waals surface area contributed by atoms with Crippen LogP contribution in [0.1, 0.15) is 37.7 Å². The van der Waals surface area contributed by atoms with Crippen molar-refractivity contribution in [1.82, 2.24) is 9.88 Å². The Balaban J connectivity index is 0.000000497. The Hall–Kier alpha value is -1.46. The van der Waals surface area contributed by atoms with E-state index < -0.39 is 0 Å². The smallest absolute Gasteiger partial charge is 0.290 e. The third-order valence-electron chi connectivity index (χ3n) is 4.68. The zero-order chi connectivity index (χ0) is 15.1. The van der Waals surface area contributed by atoms with Gasteiger partial charge in [-0.25, -0.2) is 0 Å². The third kappa shape index (κ3) is 4.02. The van der Waals surface area contributed by atoms with Crippen LogP contribution in [0.5, 0.6) is 0 Å². The minimum absolute atomic E-state index is 0.0748. The van der Waals surface area contributed by atoms with E-state index in [1.807, 2.05) is 18.5 Å². The van der Waals surface area contributed by atoms with Gasteiger partial charge in [0.15, 0.2) is 0 Å². The molecule has 1 aromatic heterocycles. The molecule has 2 aliphatic rings. The molecule has 1 spiro atoms. The SMILES string of the molecule is O=CO.O[C@@H]1CCC[C@@]12CCCN(Cc1cccnc1)C2. The zero-order valence-corrected chi connectivity index (χ0v) is 12.3. The molecule has 1 saturated heterocycles. The van der Waals surface area contributed by atoms with Gasteiger partial charge in [0.05, 0.1) is 6.10 Å². The Morgan fingerprint density at radius 3 is 2.81 bits per heavy atom. The molecule has 2 heterocycles. The number of pyridine rings is 1. The molecule has 1 aliphatic carbocycles. The Morgan fingerprint density at radius 2 is 2.19 bits per heavy atom. The lowest BCUT2D eigenvalue weighted by Gasteiger charge is -2.42. The van der Waals surface area contributed by atoms with Crippen LogP contribution in [0.15, 0.2) is 24.5 Å². The minimum Gasteiger partial charge on any atom is -0.483 e. The van der Waals surface area contributed by atoms with E-state index in [2.05, 4.69) is 16.0 Å². The molecule has 0 bridgehead atoms. The number of carboxylic acid groups (broad SMARTS) is 1. The van der Waals surface area contributed by atoms with Crippen LogP contribution in [0.2, 0.25) is 0 Å². The molecule has 5 nitrogen and oxygen atoms in total. The van der Waals surface area contributed by atoms with Crippen LogP contribution in [-0.4, -0.2) is 45.8 Å². The van der Waals surface area contributed by atoms with Gasteiger partial charge in [-0.15, -0.1) is 0 Å². The zero-order valence-electron chi connectivity index (χ0n) is 12.3. The third-order valence-corrected chi connectivity index (χ3v) is 4.68. The lowest BCUT2D eigenvalue weighted by molar-refractivity contribution is -0.122. The molecule has 0 unspecified atom stereocenters. The van der Waals surface area contributed by atoms with Gasteiger partial charge in [-0.05, 0) is 43.9 Å². The van der Waals surface area contributed by atoms with Crippen molar-refractivity contribution in [3.8, 4) is 0 Å². The molecule has 0 radical (unpaired) electrons. The van der Waals surface area contributed by atoms with Crippen LogP contribution in [-0.2, 0) is 11.3 Å². The van der Waals surface area contributed by atoms with Gasteiger partial charge in [0.25, 0.3) is 6.47 Å². The van der Waals surface area contributed by atoms with Gasteiger partial charge in [0.2, 0.25) is 0 Å². The topological polar surface area (TPSA) is 73.7 Å². The van der Waals surface area contributed by atoms with Gasteiger partial charge in [0, 0.05) is 30.9 Å². The average molecular weight is 292 g/mol. The highest BCUT2D eigenvalue weighted by atomic mass is 16.3. The highest BCUT2D eigenvalue weighted by molar-refractivity contribution is 5.32. The first-order chi connectivity index (χ1) is 10.2. The van der Waals surface area contributed by atoms with Gasteiger partial charge < -0.3 is 10.2 Å². The lowest BCUT2D eigenvalue weighted by atomic mass is 9.76. The summed E-state index contributed by atoms with van der Waals surface area (Å²) >= 11 is 0. The van der Waals surface area contributed by atoms with Crippen LogP contribution >= 0.6 is 0 Å². The molecule has 1 aromatic rings. The highest BCUT2D eigenvalue weighted by Gasteiger charge is 2.44. The van der Waals surface area contributed by atoms with Gasteiger partial charge >= 0.3 is 0 Å². The molecule has 21 heavy (non-hydrogen) atoms. The molecule has 2 N–H and O–H groups in total. The maximum atomic E-state index is 10.2. The Bertz CT molecular complexity index is 440. The Labute approximate surface area is 125 Å². The number of likely N-dealkylation sites (tertiary alicyclic amines) is 1. The number of hydrogen-bond donors (Lipinski definition) is 2. The maximum Gasteiger partial charge on any atom is 0.290 e. The van der Waals surface area contributed by atoms with Crippen molar-refractivity contribution in [2.24, 2.45) is 5.41 Å². The van der Waals surface area contributed by atoms with Crippen molar-refractivity contribution >= 4 is 6.47 Å². The first-order valence-corrected chi connectivity index (χ1v) is 7.57. The quantitative estimate of drug-likeness (QED) is 0.815. The number of rotatable bonds is 2. The summed E-state index contributed by atoms with van der Waals surface area (Å²) in [6.45, 7) is 2.94. The predicted molar refractivity (Wildman–Crippen MR) is 79.7 cm³/mol. The molecule has 116 valence electrons. The number of aromatic nitrogens is 1. The summed E-state index contributed by atoms with van der Waals surface area (Å²) in [4.78, 5) is 15.0. The maximum absolute atomic E-state index is 10.2. The van der Waals surface area contributed by atoms with Crippen LogP contribution in [0, 0.1) is 5.41 Å². The fourth-order valence-electron chi connectivity index (χ4n) is 3.74. The molecule has 0 aromatic carbocycles. The van der Waals surface area contributed by atoms with Crippen molar-refractivity contribution in [2.45, 2.75) is 44.8 Å². The predicted octanol–water partition coefficient (Wildman–Crippen LogP) is 1.91. The van der Waals surface area contributed by atoms with Gasteiger partial charge in [-0.1, -0.05) is 12.5 Å². The summed E-state index contributed by atoms with van der Waals surface area (Å²) in [5.74, 6) is 0. The molecule has 3 rings (SSSR count). The van der Waals surface area contributed by atoms with E-state index in [9.17, 15) is 5.11 Å².